The highest BCUT2D eigenvalue weighted by molar-refractivity contribution is 5.91. The third kappa shape index (κ3) is 3.87. The van der Waals surface area contributed by atoms with E-state index in [2.05, 4.69) is 10.6 Å². The topological polar surface area (TPSA) is 59.6 Å². The first-order chi connectivity index (χ1) is 9.72. The number of ether oxygens (including phenoxy) is 2. The monoisotopic (exact) mass is 278 g/mol. The van der Waals surface area contributed by atoms with Gasteiger partial charge in [0, 0.05) is 24.2 Å². The Morgan fingerprint density at radius 1 is 1.35 bits per heavy atom. The number of anilines is 1. The van der Waals surface area contributed by atoms with Gasteiger partial charge in [0.05, 0.1) is 14.2 Å². The molecule has 1 aromatic rings. The molecule has 1 aromatic carbocycles. The molecule has 0 saturated carbocycles. The summed E-state index contributed by atoms with van der Waals surface area (Å²) in [5.41, 5.74) is 0.729. The lowest BCUT2D eigenvalue weighted by atomic mass is 10.1. The van der Waals surface area contributed by atoms with Crippen molar-refractivity contribution < 1.29 is 14.3 Å². The number of hydrogen-bond acceptors (Lipinski definition) is 4. The van der Waals surface area contributed by atoms with Crippen LogP contribution >= 0.6 is 0 Å². The lowest BCUT2D eigenvalue weighted by Gasteiger charge is -2.12. The predicted octanol–water partition coefficient (Wildman–Crippen LogP) is 2.17. The van der Waals surface area contributed by atoms with Crippen LogP contribution in [0.3, 0.4) is 0 Å². The normalized spacial score (nSPS) is 17.8. The van der Waals surface area contributed by atoms with Crippen LogP contribution in [0.1, 0.15) is 25.7 Å². The molecule has 1 amide bonds. The van der Waals surface area contributed by atoms with Gasteiger partial charge < -0.3 is 20.1 Å². The standard InChI is InChI=1S/C15H22N2O3/c1-19-13-7-5-12(10-14(13)20-2)17-15(18)8-6-11-4-3-9-16-11/h5,7,10-11,16H,3-4,6,8-9H2,1-2H3,(H,17,18). The molecule has 1 aliphatic heterocycles. The highest BCUT2D eigenvalue weighted by atomic mass is 16.5. The largest absolute Gasteiger partial charge is 0.493 e. The minimum atomic E-state index is 0.0333. The fraction of sp³-hybridized carbons (Fsp3) is 0.533. The Morgan fingerprint density at radius 2 is 2.15 bits per heavy atom. The zero-order valence-electron chi connectivity index (χ0n) is 12.1. The molecule has 0 aliphatic carbocycles. The molecule has 0 spiro atoms. The summed E-state index contributed by atoms with van der Waals surface area (Å²) in [6.45, 7) is 1.07. The molecule has 0 radical (unpaired) electrons. The van der Waals surface area contributed by atoms with Crippen molar-refractivity contribution in [2.24, 2.45) is 0 Å². The van der Waals surface area contributed by atoms with Crippen molar-refractivity contribution in [1.29, 1.82) is 0 Å². The molecule has 1 atom stereocenters. The predicted molar refractivity (Wildman–Crippen MR) is 78.4 cm³/mol. The van der Waals surface area contributed by atoms with E-state index < -0.39 is 0 Å². The van der Waals surface area contributed by atoms with Crippen molar-refractivity contribution in [2.75, 3.05) is 26.1 Å². The zero-order valence-corrected chi connectivity index (χ0v) is 12.1. The molecule has 0 bridgehead atoms. The van der Waals surface area contributed by atoms with E-state index >= 15 is 0 Å². The molecule has 5 nitrogen and oxygen atoms in total. The van der Waals surface area contributed by atoms with Gasteiger partial charge in [0.1, 0.15) is 0 Å². The van der Waals surface area contributed by atoms with Gasteiger partial charge in [-0.1, -0.05) is 0 Å². The second-order valence-corrected chi connectivity index (χ2v) is 4.95. The number of nitrogens with one attached hydrogen (secondary N) is 2. The second kappa shape index (κ2) is 7.14. The van der Waals surface area contributed by atoms with Gasteiger partial charge >= 0.3 is 0 Å². The number of methoxy groups -OCH3 is 2. The first-order valence-electron chi connectivity index (χ1n) is 6.98. The number of benzene rings is 1. The summed E-state index contributed by atoms with van der Waals surface area (Å²) in [4.78, 5) is 11.9. The minimum Gasteiger partial charge on any atom is -0.493 e. The van der Waals surface area contributed by atoms with E-state index in [4.69, 9.17) is 9.47 Å². The molecule has 1 heterocycles. The van der Waals surface area contributed by atoms with Crippen LogP contribution < -0.4 is 20.1 Å². The highest BCUT2D eigenvalue weighted by Crippen LogP contribution is 2.29. The maximum absolute atomic E-state index is 11.9. The molecule has 1 fully saturated rings. The van der Waals surface area contributed by atoms with Gasteiger partial charge in [0.15, 0.2) is 11.5 Å². The van der Waals surface area contributed by atoms with Crippen molar-refractivity contribution in [3.8, 4) is 11.5 Å². The van der Waals surface area contributed by atoms with Gasteiger partial charge in [0.25, 0.3) is 0 Å². The van der Waals surface area contributed by atoms with Gasteiger partial charge in [-0.25, -0.2) is 0 Å². The van der Waals surface area contributed by atoms with E-state index in [0.717, 1.165) is 18.7 Å². The fourth-order valence-corrected chi connectivity index (χ4v) is 2.45. The maximum Gasteiger partial charge on any atom is 0.224 e. The van der Waals surface area contributed by atoms with Crippen molar-refractivity contribution in [2.45, 2.75) is 31.7 Å². The molecule has 110 valence electrons. The number of amides is 1. The van der Waals surface area contributed by atoms with Gasteiger partial charge in [-0.3, -0.25) is 4.79 Å². The molecular formula is C15H22N2O3. The average molecular weight is 278 g/mol. The molecule has 5 heteroatoms. The lowest BCUT2D eigenvalue weighted by molar-refractivity contribution is -0.116. The third-order valence-electron chi connectivity index (χ3n) is 3.55. The van der Waals surface area contributed by atoms with E-state index in [1.807, 2.05) is 6.07 Å². The third-order valence-corrected chi connectivity index (χ3v) is 3.55. The molecule has 1 aliphatic rings. The Labute approximate surface area is 119 Å². The molecule has 0 aromatic heterocycles. The van der Waals surface area contributed by atoms with E-state index in [0.29, 0.717) is 24.0 Å². The first-order valence-corrected chi connectivity index (χ1v) is 6.98. The summed E-state index contributed by atoms with van der Waals surface area (Å²) in [5.74, 6) is 1.30. The molecule has 1 saturated heterocycles. The summed E-state index contributed by atoms with van der Waals surface area (Å²) in [6.07, 6.45) is 3.80. The smallest absolute Gasteiger partial charge is 0.224 e. The van der Waals surface area contributed by atoms with Crippen LogP contribution in [0.15, 0.2) is 18.2 Å². The lowest BCUT2D eigenvalue weighted by Crippen LogP contribution is -2.23. The quantitative estimate of drug-likeness (QED) is 0.837. The van der Waals surface area contributed by atoms with Crippen molar-refractivity contribution in [3.05, 3.63) is 18.2 Å². The summed E-state index contributed by atoms with van der Waals surface area (Å²) in [5, 5.41) is 6.28. The minimum absolute atomic E-state index is 0.0333. The van der Waals surface area contributed by atoms with Crippen molar-refractivity contribution in [3.63, 3.8) is 0 Å². The molecule has 20 heavy (non-hydrogen) atoms. The van der Waals surface area contributed by atoms with Crippen molar-refractivity contribution >= 4 is 11.6 Å². The molecule has 2 N–H and O–H groups in total. The van der Waals surface area contributed by atoms with Crippen molar-refractivity contribution in [1.82, 2.24) is 5.32 Å². The maximum atomic E-state index is 11.9. The van der Waals surface area contributed by atoms with Crippen LogP contribution in [-0.4, -0.2) is 32.7 Å². The van der Waals surface area contributed by atoms with Crippen LogP contribution in [0.2, 0.25) is 0 Å². The van der Waals surface area contributed by atoms with E-state index in [1.165, 1.54) is 12.8 Å². The van der Waals surface area contributed by atoms with Gasteiger partial charge in [0.2, 0.25) is 5.91 Å². The fourth-order valence-electron chi connectivity index (χ4n) is 2.45. The van der Waals surface area contributed by atoms with Gasteiger partial charge in [-0.05, 0) is 37.9 Å². The molecule has 2 rings (SSSR count). The Bertz CT molecular complexity index is 456. The van der Waals surface area contributed by atoms with E-state index in [1.54, 1.807) is 26.4 Å². The average Bonchev–Trinajstić information content (AvgIpc) is 2.98. The zero-order chi connectivity index (χ0) is 14.4. The Kier molecular flexibility index (Phi) is 5.24. The van der Waals surface area contributed by atoms with Gasteiger partial charge in [-0.2, -0.15) is 0 Å². The second-order valence-electron chi connectivity index (χ2n) is 4.95. The number of carbonyl (C=O) groups excluding carboxylic acids is 1. The first kappa shape index (κ1) is 14.7. The SMILES string of the molecule is COc1ccc(NC(=O)CCC2CCCN2)cc1OC. The summed E-state index contributed by atoms with van der Waals surface area (Å²) >= 11 is 0. The van der Waals surface area contributed by atoms with Crippen LogP contribution in [0.25, 0.3) is 0 Å². The Hall–Kier alpha value is -1.75. The van der Waals surface area contributed by atoms with Crippen LogP contribution in [-0.2, 0) is 4.79 Å². The summed E-state index contributed by atoms with van der Waals surface area (Å²) < 4.78 is 10.4. The number of hydrogen-bond donors (Lipinski definition) is 2. The number of rotatable bonds is 6. The Balaban J connectivity index is 1.86. The van der Waals surface area contributed by atoms with Crippen LogP contribution in [0.5, 0.6) is 11.5 Å². The highest BCUT2D eigenvalue weighted by Gasteiger charge is 2.15. The molecular weight excluding hydrogens is 256 g/mol. The number of carbonyl (C=O) groups is 1. The molecule has 1 unspecified atom stereocenters. The van der Waals surface area contributed by atoms with E-state index in [9.17, 15) is 4.79 Å². The van der Waals surface area contributed by atoms with Crippen LogP contribution in [0.4, 0.5) is 5.69 Å². The summed E-state index contributed by atoms with van der Waals surface area (Å²) in [7, 11) is 3.17. The Morgan fingerprint density at radius 3 is 2.80 bits per heavy atom. The van der Waals surface area contributed by atoms with Crippen LogP contribution in [0, 0.1) is 0 Å². The summed E-state index contributed by atoms with van der Waals surface area (Å²) in [6, 6.07) is 5.86. The van der Waals surface area contributed by atoms with Gasteiger partial charge in [-0.15, -0.1) is 0 Å². The van der Waals surface area contributed by atoms with E-state index in [-0.39, 0.29) is 5.91 Å².